The Hall–Kier alpha value is -2.37. The summed E-state index contributed by atoms with van der Waals surface area (Å²) in [5, 5.41) is 2.76. The van der Waals surface area contributed by atoms with E-state index in [0.717, 1.165) is 18.8 Å². The van der Waals surface area contributed by atoms with Gasteiger partial charge in [0.1, 0.15) is 5.75 Å². The van der Waals surface area contributed by atoms with Gasteiger partial charge in [0.2, 0.25) is 5.91 Å². The quantitative estimate of drug-likeness (QED) is 0.683. The highest BCUT2D eigenvalue weighted by molar-refractivity contribution is 6.01. The second kappa shape index (κ2) is 9.84. The molecule has 31 heavy (non-hydrogen) atoms. The first kappa shape index (κ1) is 21.8. The largest absolute Gasteiger partial charge is 0.482 e. The zero-order valence-corrected chi connectivity index (χ0v) is 18.5. The van der Waals surface area contributed by atoms with Crippen LogP contribution in [0.25, 0.3) is 0 Å². The van der Waals surface area contributed by atoms with Crippen LogP contribution in [0.1, 0.15) is 75.1 Å². The molecule has 2 heterocycles. The maximum atomic E-state index is 13.0. The molecule has 0 unspecified atom stereocenters. The van der Waals surface area contributed by atoms with Crippen LogP contribution in [0.3, 0.4) is 0 Å². The average Bonchev–Trinajstić information content (AvgIpc) is 2.81. The number of hydrogen-bond donors (Lipinski definition) is 1. The normalized spacial score (nSPS) is 24.2. The van der Waals surface area contributed by atoms with Crippen molar-refractivity contribution in [1.29, 1.82) is 0 Å². The number of hydrogen-bond acceptors (Lipinski definition) is 4. The third-order valence-electron chi connectivity index (χ3n) is 7.24. The molecule has 3 aliphatic rings. The first-order valence-electron chi connectivity index (χ1n) is 11.9. The molecule has 6 nitrogen and oxygen atoms in total. The minimum Gasteiger partial charge on any atom is -0.482 e. The number of carbonyl (C=O) groups excluding carboxylic acids is 3. The minimum absolute atomic E-state index is 0.00711. The summed E-state index contributed by atoms with van der Waals surface area (Å²) in [5.74, 6) is 1.68. The van der Waals surface area contributed by atoms with Crippen LogP contribution in [0.4, 0.5) is 5.69 Å². The molecule has 168 valence electrons. The molecule has 0 spiro atoms. The lowest BCUT2D eigenvalue weighted by Gasteiger charge is -2.36. The van der Waals surface area contributed by atoms with E-state index >= 15 is 0 Å². The van der Waals surface area contributed by atoms with E-state index in [1.807, 2.05) is 4.90 Å². The highest BCUT2D eigenvalue weighted by atomic mass is 16.5. The first-order valence-corrected chi connectivity index (χ1v) is 11.9. The van der Waals surface area contributed by atoms with Crippen LogP contribution in [0.2, 0.25) is 0 Å². The summed E-state index contributed by atoms with van der Waals surface area (Å²) in [5.41, 5.74) is 1.16. The van der Waals surface area contributed by atoms with Crippen LogP contribution >= 0.6 is 0 Å². The summed E-state index contributed by atoms with van der Waals surface area (Å²) < 4.78 is 5.37. The number of unbranched alkanes of at least 4 members (excludes halogenated alkanes) is 1. The molecular formula is C25H34N2O4. The van der Waals surface area contributed by atoms with Crippen LogP contribution in [0.15, 0.2) is 18.2 Å². The van der Waals surface area contributed by atoms with Crippen molar-refractivity contribution < 1.29 is 19.1 Å². The second-order valence-electron chi connectivity index (χ2n) is 9.37. The summed E-state index contributed by atoms with van der Waals surface area (Å²) in [6, 6.07) is 5.23. The van der Waals surface area contributed by atoms with Gasteiger partial charge >= 0.3 is 0 Å². The summed E-state index contributed by atoms with van der Waals surface area (Å²) in [6.45, 7) is 3.57. The number of piperidine rings is 1. The van der Waals surface area contributed by atoms with Crippen molar-refractivity contribution >= 4 is 23.3 Å². The lowest BCUT2D eigenvalue weighted by atomic mass is 9.79. The number of nitrogens with one attached hydrogen (secondary N) is 1. The third kappa shape index (κ3) is 5.10. The van der Waals surface area contributed by atoms with E-state index in [2.05, 4.69) is 12.2 Å². The highest BCUT2D eigenvalue weighted by Crippen LogP contribution is 2.34. The van der Waals surface area contributed by atoms with Gasteiger partial charge in [-0.05, 0) is 62.6 Å². The van der Waals surface area contributed by atoms with E-state index < -0.39 is 0 Å². The Morgan fingerprint density at radius 2 is 1.81 bits per heavy atom. The van der Waals surface area contributed by atoms with E-state index in [-0.39, 0.29) is 30.1 Å². The van der Waals surface area contributed by atoms with Gasteiger partial charge in [0.15, 0.2) is 12.4 Å². The molecule has 1 aliphatic carbocycles. The van der Waals surface area contributed by atoms with Gasteiger partial charge in [-0.1, -0.05) is 26.2 Å². The van der Waals surface area contributed by atoms with Crippen LogP contribution in [0.5, 0.6) is 5.75 Å². The number of carbonyl (C=O) groups is 3. The van der Waals surface area contributed by atoms with Crippen LogP contribution in [-0.2, 0) is 9.59 Å². The Bertz CT molecular complexity index is 821. The van der Waals surface area contributed by atoms with E-state index in [1.165, 1.54) is 32.1 Å². The Morgan fingerprint density at radius 3 is 2.52 bits per heavy atom. The fraction of sp³-hybridized carbons (Fsp3) is 0.640. The molecule has 0 atom stereocenters. The molecule has 1 saturated carbocycles. The maximum Gasteiger partial charge on any atom is 0.262 e. The summed E-state index contributed by atoms with van der Waals surface area (Å²) in [4.78, 5) is 39.5. The van der Waals surface area contributed by atoms with Gasteiger partial charge in [-0.15, -0.1) is 0 Å². The number of nitrogens with zero attached hydrogens (tertiary/aromatic N) is 1. The van der Waals surface area contributed by atoms with Crippen molar-refractivity contribution in [1.82, 2.24) is 4.90 Å². The van der Waals surface area contributed by atoms with E-state index in [0.29, 0.717) is 48.8 Å². The molecule has 1 aromatic carbocycles. The smallest absolute Gasteiger partial charge is 0.262 e. The highest BCUT2D eigenvalue weighted by Gasteiger charge is 2.33. The van der Waals surface area contributed by atoms with Crippen molar-refractivity contribution in [2.45, 2.75) is 64.7 Å². The van der Waals surface area contributed by atoms with Crippen molar-refractivity contribution in [3.63, 3.8) is 0 Å². The number of fused-ring (bicyclic) bond motifs is 1. The predicted octanol–water partition coefficient (Wildman–Crippen LogP) is 4.44. The first-order chi connectivity index (χ1) is 15.0. The number of likely N-dealkylation sites (tertiary alicyclic amines) is 1. The molecule has 2 aliphatic heterocycles. The van der Waals surface area contributed by atoms with Crippen LogP contribution < -0.4 is 10.1 Å². The fourth-order valence-electron chi connectivity index (χ4n) is 5.28. The van der Waals surface area contributed by atoms with Crippen molar-refractivity contribution in [2.24, 2.45) is 17.8 Å². The van der Waals surface area contributed by atoms with E-state index in [4.69, 9.17) is 4.74 Å². The van der Waals surface area contributed by atoms with Crippen molar-refractivity contribution in [3.8, 4) is 5.75 Å². The number of ketones is 1. The van der Waals surface area contributed by atoms with Gasteiger partial charge in [-0.3, -0.25) is 14.4 Å². The zero-order valence-electron chi connectivity index (χ0n) is 18.5. The maximum absolute atomic E-state index is 13.0. The number of benzene rings is 1. The lowest BCUT2D eigenvalue weighted by Crippen LogP contribution is -2.43. The predicted molar refractivity (Wildman–Crippen MR) is 119 cm³/mol. The fourth-order valence-corrected chi connectivity index (χ4v) is 5.28. The van der Waals surface area contributed by atoms with Gasteiger partial charge < -0.3 is 15.0 Å². The number of Topliss-reactive ketones (excluding diaryl/α,β-unsaturated/α-hetero) is 1. The number of anilines is 1. The Balaban J connectivity index is 1.28. The van der Waals surface area contributed by atoms with Crippen LogP contribution in [-0.4, -0.2) is 42.2 Å². The molecule has 1 aromatic rings. The lowest BCUT2D eigenvalue weighted by molar-refractivity contribution is -0.138. The molecule has 2 amide bonds. The van der Waals surface area contributed by atoms with E-state index in [1.54, 1.807) is 18.2 Å². The average molecular weight is 427 g/mol. The number of amides is 2. The Kier molecular flexibility index (Phi) is 6.93. The van der Waals surface area contributed by atoms with Gasteiger partial charge in [0, 0.05) is 30.5 Å². The summed E-state index contributed by atoms with van der Waals surface area (Å²) >= 11 is 0. The molecule has 1 N–H and O–H groups in total. The molecule has 0 bridgehead atoms. The minimum atomic E-state index is -0.205. The van der Waals surface area contributed by atoms with Gasteiger partial charge in [0.25, 0.3) is 5.91 Å². The van der Waals surface area contributed by atoms with Crippen LogP contribution in [0, 0.1) is 17.8 Å². The molecule has 6 heteroatoms. The molecular weight excluding hydrogens is 392 g/mol. The standard InChI is InChI=1S/C25H34N2O4/c1-2-3-4-17-5-7-19(8-6-17)25(30)27-13-11-18(12-14-27)24(29)20-9-10-22-21(15-20)26-23(28)16-31-22/h9-10,15,17-19H,2-8,11-14,16H2,1H3,(H,26,28). The molecule has 0 radical (unpaired) electrons. The Morgan fingerprint density at radius 1 is 1.06 bits per heavy atom. The van der Waals surface area contributed by atoms with Gasteiger partial charge in [0.05, 0.1) is 5.69 Å². The monoisotopic (exact) mass is 426 g/mol. The molecule has 1 saturated heterocycles. The van der Waals surface area contributed by atoms with E-state index in [9.17, 15) is 14.4 Å². The topological polar surface area (TPSA) is 75.7 Å². The number of rotatable bonds is 6. The zero-order chi connectivity index (χ0) is 21.8. The summed E-state index contributed by atoms with van der Waals surface area (Å²) in [6.07, 6.45) is 9.68. The van der Waals surface area contributed by atoms with Crippen molar-refractivity contribution in [2.75, 3.05) is 25.0 Å². The van der Waals surface area contributed by atoms with Gasteiger partial charge in [-0.2, -0.15) is 0 Å². The van der Waals surface area contributed by atoms with Gasteiger partial charge in [-0.25, -0.2) is 0 Å². The number of ether oxygens (including phenoxy) is 1. The second-order valence-corrected chi connectivity index (χ2v) is 9.37. The third-order valence-corrected chi connectivity index (χ3v) is 7.24. The molecule has 2 fully saturated rings. The SMILES string of the molecule is CCCCC1CCC(C(=O)N2CCC(C(=O)c3ccc4c(c3)NC(=O)CO4)CC2)CC1. The molecule has 0 aromatic heterocycles. The Labute approximate surface area is 184 Å². The van der Waals surface area contributed by atoms with Crippen molar-refractivity contribution in [3.05, 3.63) is 23.8 Å². The summed E-state index contributed by atoms with van der Waals surface area (Å²) in [7, 11) is 0. The molecule has 4 rings (SSSR count).